The molecule has 3 N–H and O–H groups in total. The Hall–Kier alpha value is -2.59. The van der Waals surface area contributed by atoms with E-state index < -0.39 is 0 Å². The highest BCUT2D eigenvalue weighted by Crippen LogP contribution is 2.18. The van der Waals surface area contributed by atoms with E-state index >= 15 is 0 Å². The minimum absolute atomic E-state index is 0.0570. The summed E-state index contributed by atoms with van der Waals surface area (Å²) in [5, 5.41) is 4.17. The third-order valence-corrected chi connectivity index (χ3v) is 5.55. The van der Waals surface area contributed by atoms with Gasteiger partial charge in [-0.25, -0.2) is 0 Å². The molecule has 1 aliphatic heterocycles. The molecular formula is C23H28N3O+. The van der Waals surface area contributed by atoms with Crippen molar-refractivity contribution >= 4 is 16.8 Å². The third-order valence-electron chi connectivity index (χ3n) is 5.55. The highest BCUT2D eigenvalue weighted by molar-refractivity contribution is 5.88. The number of amides is 1. The molecule has 0 aliphatic carbocycles. The molecule has 2 heterocycles. The topological polar surface area (TPSA) is 49.3 Å². The molecule has 1 fully saturated rings. The number of piperidine rings is 1. The van der Waals surface area contributed by atoms with Gasteiger partial charge in [0.2, 0.25) is 5.91 Å². The summed E-state index contributed by atoms with van der Waals surface area (Å²) in [5.74, 6) is 0.0570. The number of H-pyrrole nitrogens is 1. The fourth-order valence-corrected chi connectivity index (χ4v) is 4.01. The standard InChI is InChI=1S/C23H27N3O/c27-23(14-20-16-24-22-7-3-2-6-21(20)22)25-15-18-8-10-19(11-9-18)17-26-12-4-1-5-13-26/h2-3,6-11,16,24H,1,4-5,12-15,17H2,(H,25,27)/p+1. The molecule has 1 aromatic heterocycles. The molecule has 1 aliphatic rings. The summed E-state index contributed by atoms with van der Waals surface area (Å²) in [6.07, 6.45) is 6.44. The van der Waals surface area contributed by atoms with Crippen LogP contribution in [-0.4, -0.2) is 24.0 Å². The van der Waals surface area contributed by atoms with Crippen LogP contribution >= 0.6 is 0 Å². The van der Waals surface area contributed by atoms with Crippen molar-refractivity contribution in [2.24, 2.45) is 0 Å². The summed E-state index contributed by atoms with van der Waals surface area (Å²) in [6.45, 7) is 4.29. The SMILES string of the molecule is O=C(Cc1c[nH]c2ccccc12)NCc1ccc(C[NH+]2CCCCC2)cc1. The molecule has 0 spiro atoms. The van der Waals surface area contributed by atoms with E-state index in [1.807, 2.05) is 24.4 Å². The Morgan fingerprint density at radius 3 is 2.52 bits per heavy atom. The van der Waals surface area contributed by atoms with Gasteiger partial charge in [-0.05, 0) is 36.5 Å². The molecule has 1 amide bonds. The molecule has 4 rings (SSSR count). The molecule has 0 saturated carbocycles. The Kier molecular flexibility index (Phi) is 5.54. The summed E-state index contributed by atoms with van der Waals surface area (Å²) in [5.41, 5.74) is 4.66. The number of aromatic amines is 1. The molecule has 4 heteroatoms. The number of nitrogens with one attached hydrogen (secondary N) is 3. The molecule has 1 saturated heterocycles. The second-order valence-corrected chi connectivity index (χ2v) is 7.62. The maximum atomic E-state index is 12.3. The number of hydrogen-bond acceptors (Lipinski definition) is 1. The number of aromatic nitrogens is 1. The van der Waals surface area contributed by atoms with Gasteiger partial charge in [-0.15, -0.1) is 0 Å². The molecule has 2 aromatic carbocycles. The van der Waals surface area contributed by atoms with Gasteiger partial charge in [0.05, 0.1) is 19.5 Å². The van der Waals surface area contributed by atoms with Gasteiger partial charge in [0, 0.05) is 29.2 Å². The fourth-order valence-electron chi connectivity index (χ4n) is 4.01. The molecule has 0 radical (unpaired) electrons. The molecule has 0 atom stereocenters. The Balaban J connectivity index is 1.28. The Labute approximate surface area is 160 Å². The third kappa shape index (κ3) is 4.58. The number of fused-ring (bicyclic) bond motifs is 1. The Morgan fingerprint density at radius 1 is 0.963 bits per heavy atom. The van der Waals surface area contributed by atoms with Gasteiger partial charge in [-0.1, -0.05) is 42.5 Å². The van der Waals surface area contributed by atoms with Crippen molar-refractivity contribution < 1.29 is 9.69 Å². The highest BCUT2D eigenvalue weighted by Gasteiger charge is 2.13. The average Bonchev–Trinajstić information content (AvgIpc) is 3.11. The largest absolute Gasteiger partial charge is 0.361 e. The number of rotatable bonds is 6. The van der Waals surface area contributed by atoms with Crippen LogP contribution in [-0.2, 0) is 24.3 Å². The van der Waals surface area contributed by atoms with E-state index in [4.69, 9.17) is 0 Å². The first kappa shape index (κ1) is 17.8. The Bertz CT molecular complexity index is 891. The van der Waals surface area contributed by atoms with Crippen LogP contribution in [0.25, 0.3) is 10.9 Å². The van der Waals surface area contributed by atoms with E-state index in [9.17, 15) is 4.79 Å². The summed E-state index contributed by atoms with van der Waals surface area (Å²) in [6, 6.07) is 16.8. The highest BCUT2D eigenvalue weighted by atomic mass is 16.1. The number of para-hydroxylation sites is 1. The van der Waals surface area contributed by atoms with Crippen molar-refractivity contribution in [1.82, 2.24) is 10.3 Å². The number of hydrogen-bond donors (Lipinski definition) is 3. The van der Waals surface area contributed by atoms with Crippen molar-refractivity contribution in [3.05, 3.63) is 71.4 Å². The van der Waals surface area contributed by atoms with Crippen molar-refractivity contribution in [3.8, 4) is 0 Å². The van der Waals surface area contributed by atoms with E-state index in [0.29, 0.717) is 13.0 Å². The second-order valence-electron chi connectivity index (χ2n) is 7.62. The van der Waals surface area contributed by atoms with Gasteiger partial charge in [0.15, 0.2) is 0 Å². The number of carbonyl (C=O) groups excluding carboxylic acids is 1. The van der Waals surface area contributed by atoms with E-state index in [1.54, 1.807) is 4.90 Å². The zero-order chi connectivity index (χ0) is 18.5. The maximum Gasteiger partial charge on any atom is 0.224 e. The van der Waals surface area contributed by atoms with Crippen LogP contribution in [0.15, 0.2) is 54.7 Å². The van der Waals surface area contributed by atoms with Gasteiger partial charge in [-0.2, -0.15) is 0 Å². The van der Waals surface area contributed by atoms with Gasteiger partial charge in [0.1, 0.15) is 6.54 Å². The lowest BCUT2D eigenvalue weighted by atomic mass is 10.1. The smallest absolute Gasteiger partial charge is 0.224 e. The van der Waals surface area contributed by atoms with E-state index in [-0.39, 0.29) is 5.91 Å². The van der Waals surface area contributed by atoms with E-state index in [2.05, 4.69) is 40.6 Å². The fraction of sp³-hybridized carbons (Fsp3) is 0.348. The van der Waals surface area contributed by atoms with Crippen LogP contribution < -0.4 is 10.2 Å². The molecule has 27 heavy (non-hydrogen) atoms. The first-order valence-corrected chi connectivity index (χ1v) is 10.0. The number of likely N-dealkylation sites (tertiary alicyclic amines) is 1. The van der Waals surface area contributed by atoms with Gasteiger partial charge in [-0.3, -0.25) is 4.79 Å². The first-order valence-electron chi connectivity index (χ1n) is 10.0. The number of benzene rings is 2. The van der Waals surface area contributed by atoms with Crippen molar-refractivity contribution in [3.63, 3.8) is 0 Å². The monoisotopic (exact) mass is 362 g/mol. The van der Waals surface area contributed by atoms with Gasteiger partial charge >= 0.3 is 0 Å². The normalized spacial score (nSPS) is 15.1. The zero-order valence-electron chi connectivity index (χ0n) is 15.8. The van der Waals surface area contributed by atoms with Crippen molar-refractivity contribution in [1.29, 1.82) is 0 Å². The molecule has 0 unspecified atom stereocenters. The summed E-state index contributed by atoms with van der Waals surface area (Å²) >= 11 is 0. The number of carbonyl (C=O) groups is 1. The minimum atomic E-state index is 0.0570. The molecule has 3 aromatic rings. The predicted octanol–water partition coefficient (Wildman–Crippen LogP) is 2.60. The molecular weight excluding hydrogens is 334 g/mol. The van der Waals surface area contributed by atoms with Gasteiger partial charge in [0.25, 0.3) is 0 Å². The lowest BCUT2D eigenvalue weighted by molar-refractivity contribution is -0.918. The van der Waals surface area contributed by atoms with Gasteiger partial charge < -0.3 is 15.2 Å². The van der Waals surface area contributed by atoms with E-state index in [1.165, 1.54) is 37.9 Å². The van der Waals surface area contributed by atoms with Crippen LogP contribution in [0.3, 0.4) is 0 Å². The predicted molar refractivity (Wildman–Crippen MR) is 109 cm³/mol. The number of quaternary nitrogens is 1. The van der Waals surface area contributed by atoms with Crippen LogP contribution in [0.2, 0.25) is 0 Å². The summed E-state index contributed by atoms with van der Waals surface area (Å²) in [7, 11) is 0. The zero-order valence-corrected chi connectivity index (χ0v) is 15.8. The average molecular weight is 362 g/mol. The van der Waals surface area contributed by atoms with Crippen LogP contribution in [0, 0.1) is 0 Å². The lowest BCUT2D eigenvalue weighted by Crippen LogP contribution is -3.11. The van der Waals surface area contributed by atoms with Crippen LogP contribution in [0.1, 0.15) is 36.0 Å². The van der Waals surface area contributed by atoms with Crippen molar-refractivity contribution in [2.75, 3.05) is 13.1 Å². The first-order chi connectivity index (χ1) is 13.3. The molecule has 140 valence electrons. The van der Waals surface area contributed by atoms with Crippen molar-refractivity contribution in [2.45, 2.75) is 38.8 Å². The quantitative estimate of drug-likeness (QED) is 0.620. The molecule has 0 bridgehead atoms. The minimum Gasteiger partial charge on any atom is -0.361 e. The maximum absolute atomic E-state index is 12.3. The summed E-state index contributed by atoms with van der Waals surface area (Å²) < 4.78 is 0. The molecule has 4 nitrogen and oxygen atoms in total. The Morgan fingerprint density at radius 2 is 1.70 bits per heavy atom. The van der Waals surface area contributed by atoms with Crippen LogP contribution in [0.5, 0.6) is 0 Å². The van der Waals surface area contributed by atoms with E-state index in [0.717, 1.165) is 28.6 Å². The lowest BCUT2D eigenvalue weighted by Gasteiger charge is -2.23. The van der Waals surface area contributed by atoms with Crippen LogP contribution in [0.4, 0.5) is 0 Å². The summed E-state index contributed by atoms with van der Waals surface area (Å²) in [4.78, 5) is 17.2. The second kappa shape index (κ2) is 8.40.